The van der Waals surface area contributed by atoms with Crippen LogP contribution < -0.4 is 5.73 Å². The number of aromatic nitrogens is 3. The van der Waals surface area contributed by atoms with Gasteiger partial charge >= 0.3 is 0 Å². The fourth-order valence-electron chi connectivity index (χ4n) is 0.944. The van der Waals surface area contributed by atoms with Crippen LogP contribution in [0.2, 0.25) is 0 Å². The van der Waals surface area contributed by atoms with Crippen LogP contribution in [0.5, 0.6) is 0 Å². The van der Waals surface area contributed by atoms with E-state index >= 15 is 0 Å². The maximum Gasteiger partial charge on any atom is 0.280 e. The summed E-state index contributed by atoms with van der Waals surface area (Å²) in [6.07, 6.45) is 1.33. The Kier molecular flexibility index (Phi) is 1.82. The van der Waals surface area contributed by atoms with Gasteiger partial charge in [0.1, 0.15) is 5.76 Å². The molecular formula is C7H8N4O2. The van der Waals surface area contributed by atoms with E-state index in [4.69, 9.17) is 14.7 Å². The molecule has 0 aliphatic rings. The fraction of sp³-hybridized carbons (Fsp3) is 0.286. The van der Waals surface area contributed by atoms with E-state index in [0.717, 1.165) is 0 Å². The van der Waals surface area contributed by atoms with Gasteiger partial charge < -0.3 is 14.7 Å². The second kappa shape index (κ2) is 2.98. The van der Waals surface area contributed by atoms with Crippen LogP contribution in [-0.4, -0.2) is 15.1 Å². The van der Waals surface area contributed by atoms with Gasteiger partial charge in [-0.15, -0.1) is 0 Å². The largest absolute Gasteiger partial charge is 0.448 e. The van der Waals surface area contributed by atoms with Crippen LogP contribution >= 0.6 is 0 Å². The Labute approximate surface area is 73.8 Å². The number of nitrogens with two attached hydrogens (primary N) is 1. The molecule has 13 heavy (non-hydrogen) atoms. The molecule has 0 aliphatic heterocycles. The minimum atomic E-state index is 0.250. The molecule has 0 radical (unpaired) electrons. The third-order valence-corrected chi connectivity index (χ3v) is 1.60. The predicted octanol–water partition coefficient (Wildman–Crippen LogP) is 0.492. The zero-order valence-corrected chi connectivity index (χ0v) is 7.02. The molecule has 0 amide bonds. The van der Waals surface area contributed by atoms with Crippen LogP contribution in [0.4, 0.5) is 0 Å². The minimum absolute atomic E-state index is 0.250. The van der Waals surface area contributed by atoms with Crippen LogP contribution in [0, 0.1) is 6.92 Å². The molecular weight excluding hydrogens is 172 g/mol. The number of oxazole rings is 1. The van der Waals surface area contributed by atoms with Crippen LogP contribution in [0.1, 0.15) is 11.6 Å². The Hall–Kier alpha value is -1.69. The van der Waals surface area contributed by atoms with E-state index in [-0.39, 0.29) is 6.54 Å². The summed E-state index contributed by atoms with van der Waals surface area (Å²) in [6, 6.07) is 0. The first-order valence-electron chi connectivity index (χ1n) is 3.74. The molecule has 2 N–H and O–H groups in total. The molecule has 2 heterocycles. The first kappa shape index (κ1) is 7.93. The SMILES string of the molecule is Cc1ocnc1-c1nc(CN)no1. The number of hydrogen-bond acceptors (Lipinski definition) is 6. The number of nitrogens with zero attached hydrogens (tertiary/aromatic N) is 3. The fourth-order valence-corrected chi connectivity index (χ4v) is 0.944. The third kappa shape index (κ3) is 1.31. The summed E-state index contributed by atoms with van der Waals surface area (Å²) in [5.74, 6) is 1.44. The van der Waals surface area contributed by atoms with Crippen molar-refractivity contribution in [3.05, 3.63) is 18.0 Å². The standard InChI is InChI=1S/C7H8N4O2/c1-4-6(9-3-12-4)7-10-5(2-8)11-13-7/h3H,2,8H2,1H3. The molecule has 0 aromatic carbocycles. The van der Waals surface area contributed by atoms with Gasteiger partial charge in [0.2, 0.25) is 0 Å². The molecule has 0 unspecified atom stereocenters. The van der Waals surface area contributed by atoms with Gasteiger partial charge in [-0.05, 0) is 6.92 Å². The summed E-state index contributed by atoms with van der Waals surface area (Å²) in [4.78, 5) is 7.94. The highest BCUT2D eigenvalue weighted by Gasteiger charge is 2.13. The summed E-state index contributed by atoms with van der Waals surface area (Å²) < 4.78 is 9.91. The van der Waals surface area contributed by atoms with E-state index in [0.29, 0.717) is 23.2 Å². The van der Waals surface area contributed by atoms with Crippen molar-refractivity contribution >= 4 is 0 Å². The van der Waals surface area contributed by atoms with Crippen molar-refractivity contribution in [3.63, 3.8) is 0 Å². The predicted molar refractivity (Wildman–Crippen MR) is 42.4 cm³/mol. The van der Waals surface area contributed by atoms with Crippen LogP contribution in [0.25, 0.3) is 11.6 Å². The van der Waals surface area contributed by atoms with Gasteiger partial charge in [0.15, 0.2) is 17.9 Å². The van der Waals surface area contributed by atoms with Gasteiger partial charge in [0.05, 0.1) is 6.54 Å². The van der Waals surface area contributed by atoms with E-state index in [1.165, 1.54) is 6.39 Å². The van der Waals surface area contributed by atoms with Gasteiger partial charge in [0.25, 0.3) is 5.89 Å². The van der Waals surface area contributed by atoms with E-state index in [1.54, 1.807) is 6.92 Å². The second-order valence-corrected chi connectivity index (χ2v) is 2.48. The normalized spacial score (nSPS) is 10.6. The average molecular weight is 180 g/mol. The molecule has 2 rings (SSSR count). The quantitative estimate of drug-likeness (QED) is 0.723. The first-order valence-corrected chi connectivity index (χ1v) is 3.74. The maximum absolute atomic E-state index is 5.33. The van der Waals surface area contributed by atoms with Crippen LogP contribution in [0.3, 0.4) is 0 Å². The molecule has 0 fully saturated rings. The Bertz CT molecular complexity index is 406. The summed E-state index contributed by atoms with van der Waals surface area (Å²) in [5.41, 5.74) is 5.89. The Balaban J connectivity index is 2.41. The minimum Gasteiger partial charge on any atom is -0.448 e. The second-order valence-electron chi connectivity index (χ2n) is 2.48. The van der Waals surface area contributed by atoms with Crippen molar-refractivity contribution in [2.75, 3.05) is 0 Å². The molecule has 2 aromatic rings. The van der Waals surface area contributed by atoms with Crippen molar-refractivity contribution in [1.29, 1.82) is 0 Å². The maximum atomic E-state index is 5.33. The Morgan fingerprint density at radius 2 is 2.38 bits per heavy atom. The summed E-state index contributed by atoms with van der Waals surface area (Å²) >= 11 is 0. The molecule has 2 aromatic heterocycles. The summed E-state index contributed by atoms with van der Waals surface area (Å²) in [7, 11) is 0. The number of rotatable bonds is 2. The van der Waals surface area contributed by atoms with Gasteiger partial charge in [-0.25, -0.2) is 4.98 Å². The topological polar surface area (TPSA) is 91.0 Å². The van der Waals surface area contributed by atoms with Crippen LogP contribution in [-0.2, 0) is 6.54 Å². The van der Waals surface area contributed by atoms with E-state index in [1.807, 2.05) is 0 Å². The third-order valence-electron chi connectivity index (χ3n) is 1.60. The highest BCUT2D eigenvalue weighted by Crippen LogP contribution is 2.18. The number of hydrogen-bond donors (Lipinski definition) is 1. The number of aryl methyl sites for hydroxylation is 1. The zero-order chi connectivity index (χ0) is 9.26. The van der Waals surface area contributed by atoms with Crippen molar-refractivity contribution in [2.24, 2.45) is 5.73 Å². The lowest BCUT2D eigenvalue weighted by atomic mass is 10.4. The lowest BCUT2D eigenvalue weighted by molar-refractivity contribution is 0.421. The molecule has 0 atom stereocenters. The van der Waals surface area contributed by atoms with Crippen LogP contribution in [0.15, 0.2) is 15.3 Å². The summed E-state index contributed by atoms with van der Waals surface area (Å²) in [6.45, 7) is 2.02. The first-order chi connectivity index (χ1) is 6.31. The van der Waals surface area contributed by atoms with Crippen molar-refractivity contribution in [3.8, 4) is 11.6 Å². The molecule has 68 valence electrons. The lowest BCUT2D eigenvalue weighted by Gasteiger charge is -1.85. The molecule has 6 nitrogen and oxygen atoms in total. The van der Waals surface area contributed by atoms with E-state index in [9.17, 15) is 0 Å². The van der Waals surface area contributed by atoms with Gasteiger partial charge in [-0.3, -0.25) is 0 Å². The summed E-state index contributed by atoms with van der Waals surface area (Å²) in [5, 5.41) is 3.64. The van der Waals surface area contributed by atoms with Crippen molar-refractivity contribution in [2.45, 2.75) is 13.5 Å². The highest BCUT2D eigenvalue weighted by molar-refractivity contribution is 5.48. The monoisotopic (exact) mass is 180 g/mol. The van der Waals surface area contributed by atoms with Crippen molar-refractivity contribution in [1.82, 2.24) is 15.1 Å². The Morgan fingerprint density at radius 1 is 1.54 bits per heavy atom. The zero-order valence-electron chi connectivity index (χ0n) is 7.02. The molecule has 6 heteroatoms. The van der Waals surface area contributed by atoms with Gasteiger partial charge in [0, 0.05) is 0 Å². The molecule has 0 saturated heterocycles. The van der Waals surface area contributed by atoms with E-state index in [2.05, 4.69) is 15.1 Å². The van der Waals surface area contributed by atoms with E-state index < -0.39 is 0 Å². The molecule has 0 saturated carbocycles. The van der Waals surface area contributed by atoms with Crippen molar-refractivity contribution < 1.29 is 8.94 Å². The molecule has 0 bridgehead atoms. The van der Waals surface area contributed by atoms with Gasteiger partial charge in [-0.2, -0.15) is 4.98 Å². The Morgan fingerprint density at radius 3 is 2.92 bits per heavy atom. The average Bonchev–Trinajstić information content (AvgIpc) is 2.71. The molecule has 0 spiro atoms. The van der Waals surface area contributed by atoms with Gasteiger partial charge in [-0.1, -0.05) is 5.16 Å². The lowest BCUT2D eigenvalue weighted by Crippen LogP contribution is -1.97. The molecule has 0 aliphatic carbocycles. The smallest absolute Gasteiger partial charge is 0.280 e. The highest BCUT2D eigenvalue weighted by atomic mass is 16.5.